The fraction of sp³-hybridized carbons (Fsp3) is 0.619. The number of carbonyl (C=O) groups excluding carboxylic acids is 2. The molecule has 3 atom stereocenters. The van der Waals surface area contributed by atoms with Crippen molar-refractivity contribution in [1.29, 1.82) is 0 Å². The Kier molecular flexibility index (Phi) is 6.58. The number of amides is 2. The SMILES string of the molecule is COc1cc(OC)cc(N2CCC(NC(=O)[C@@]34CCCC[C@H]3CNC4)C2=O)c1.Cl. The van der Waals surface area contributed by atoms with Gasteiger partial charge in [0.2, 0.25) is 11.8 Å². The Bertz CT molecular complexity index is 752. The van der Waals surface area contributed by atoms with Crippen LogP contribution in [0.15, 0.2) is 18.2 Å². The van der Waals surface area contributed by atoms with Crippen molar-refractivity contribution in [3.8, 4) is 11.5 Å². The average Bonchev–Trinajstić information content (AvgIpc) is 3.32. The van der Waals surface area contributed by atoms with Crippen LogP contribution in [0.25, 0.3) is 0 Å². The number of hydrogen-bond donors (Lipinski definition) is 2. The Labute approximate surface area is 177 Å². The summed E-state index contributed by atoms with van der Waals surface area (Å²) < 4.78 is 10.6. The first-order chi connectivity index (χ1) is 13.6. The lowest BCUT2D eigenvalue weighted by Crippen LogP contribution is -2.52. The van der Waals surface area contributed by atoms with Gasteiger partial charge < -0.3 is 25.0 Å². The minimum Gasteiger partial charge on any atom is -0.497 e. The first-order valence-corrected chi connectivity index (χ1v) is 10.1. The molecule has 8 heteroatoms. The van der Waals surface area contributed by atoms with E-state index in [1.54, 1.807) is 25.2 Å². The predicted molar refractivity (Wildman–Crippen MR) is 113 cm³/mol. The molecular formula is C21H30ClN3O4. The fourth-order valence-corrected chi connectivity index (χ4v) is 5.01. The zero-order chi connectivity index (χ0) is 19.7. The number of carbonyl (C=O) groups is 2. The van der Waals surface area contributed by atoms with Crippen molar-refractivity contribution in [3.63, 3.8) is 0 Å². The topological polar surface area (TPSA) is 79.9 Å². The van der Waals surface area contributed by atoms with Gasteiger partial charge in [-0.05, 0) is 31.7 Å². The Balaban J connectivity index is 0.00000240. The van der Waals surface area contributed by atoms with E-state index in [9.17, 15) is 9.59 Å². The summed E-state index contributed by atoms with van der Waals surface area (Å²) in [5.41, 5.74) is 0.389. The van der Waals surface area contributed by atoms with Gasteiger partial charge in [-0.3, -0.25) is 9.59 Å². The van der Waals surface area contributed by atoms with Gasteiger partial charge in [-0.15, -0.1) is 12.4 Å². The molecule has 1 aliphatic carbocycles. The molecule has 1 aromatic rings. The Morgan fingerprint density at radius 3 is 2.59 bits per heavy atom. The van der Waals surface area contributed by atoms with Crippen molar-refractivity contribution in [2.24, 2.45) is 11.3 Å². The number of rotatable bonds is 5. The van der Waals surface area contributed by atoms with Crippen LogP contribution in [0.5, 0.6) is 11.5 Å². The molecule has 3 aliphatic rings. The lowest BCUT2D eigenvalue weighted by molar-refractivity contribution is -0.136. The van der Waals surface area contributed by atoms with Gasteiger partial charge >= 0.3 is 0 Å². The smallest absolute Gasteiger partial charge is 0.249 e. The van der Waals surface area contributed by atoms with Crippen LogP contribution in [-0.4, -0.2) is 51.7 Å². The molecule has 2 saturated heterocycles. The second-order valence-electron chi connectivity index (χ2n) is 8.11. The zero-order valence-corrected chi connectivity index (χ0v) is 17.8. The summed E-state index contributed by atoms with van der Waals surface area (Å²) in [6.07, 6.45) is 4.89. The van der Waals surface area contributed by atoms with Crippen LogP contribution in [0, 0.1) is 11.3 Å². The predicted octanol–water partition coefficient (Wildman–Crippen LogP) is 2.13. The second-order valence-corrected chi connectivity index (χ2v) is 8.11. The first-order valence-electron chi connectivity index (χ1n) is 10.1. The van der Waals surface area contributed by atoms with Crippen LogP contribution in [0.1, 0.15) is 32.1 Å². The monoisotopic (exact) mass is 423 g/mol. The molecule has 29 heavy (non-hydrogen) atoms. The van der Waals surface area contributed by atoms with Crippen molar-refractivity contribution >= 4 is 29.9 Å². The molecule has 1 unspecified atom stereocenters. The summed E-state index contributed by atoms with van der Waals surface area (Å²) in [6.45, 7) is 2.19. The van der Waals surface area contributed by atoms with Crippen LogP contribution in [-0.2, 0) is 9.59 Å². The Morgan fingerprint density at radius 2 is 1.90 bits per heavy atom. The van der Waals surface area contributed by atoms with Gasteiger partial charge in [0.25, 0.3) is 0 Å². The minimum absolute atomic E-state index is 0. The van der Waals surface area contributed by atoms with E-state index in [-0.39, 0.29) is 29.6 Å². The number of fused-ring (bicyclic) bond motifs is 1. The maximum atomic E-state index is 13.2. The van der Waals surface area contributed by atoms with E-state index in [2.05, 4.69) is 10.6 Å². The third kappa shape index (κ3) is 3.90. The van der Waals surface area contributed by atoms with Crippen LogP contribution < -0.4 is 25.0 Å². The molecule has 0 aromatic heterocycles. The number of halogens is 1. The van der Waals surface area contributed by atoms with Gasteiger partial charge in [0.1, 0.15) is 17.5 Å². The van der Waals surface area contributed by atoms with E-state index in [1.807, 2.05) is 12.1 Å². The van der Waals surface area contributed by atoms with Crippen molar-refractivity contribution in [3.05, 3.63) is 18.2 Å². The fourth-order valence-electron chi connectivity index (χ4n) is 5.01. The van der Waals surface area contributed by atoms with E-state index in [4.69, 9.17) is 9.47 Å². The highest BCUT2D eigenvalue weighted by molar-refractivity contribution is 6.02. The van der Waals surface area contributed by atoms with Gasteiger partial charge in [-0.25, -0.2) is 0 Å². The number of anilines is 1. The number of nitrogens with one attached hydrogen (secondary N) is 2. The third-order valence-corrected chi connectivity index (χ3v) is 6.65. The number of nitrogens with zero attached hydrogens (tertiary/aromatic N) is 1. The molecular weight excluding hydrogens is 394 g/mol. The third-order valence-electron chi connectivity index (χ3n) is 6.65. The maximum Gasteiger partial charge on any atom is 0.249 e. The van der Waals surface area contributed by atoms with E-state index in [1.165, 1.54) is 6.42 Å². The molecule has 2 aliphatic heterocycles. The Morgan fingerprint density at radius 1 is 1.17 bits per heavy atom. The van der Waals surface area contributed by atoms with Crippen LogP contribution in [0.3, 0.4) is 0 Å². The maximum absolute atomic E-state index is 13.2. The number of hydrogen-bond acceptors (Lipinski definition) is 5. The standard InChI is InChI=1S/C21H29N3O4.ClH/c1-27-16-9-15(10-17(11-16)28-2)24-8-6-18(19(24)25)23-20(26)21-7-4-3-5-14(21)12-22-13-21;/h9-11,14,18,22H,3-8,12-13H2,1-2H3,(H,23,26);1H/t14-,18?,21+;/m0./s1. The summed E-state index contributed by atoms with van der Waals surface area (Å²) in [5, 5.41) is 6.48. The Hall–Kier alpha value is -1.99. The molecule has 1 aromatic carbocycles. The number of ether oxygens (including phenoxy) is 2. The first kappa shape index (κ1) is 21.7. The summed E-state index contributed by atoms with van der Waals surface area (Å²) in [5.74, 6) is 1.63. The molecule has 4 rings (SSSR count). The van der Waals surface area contributed by atoms with Gasteiger partial charge in [-0.2, -0.15) is 0 Å². The van der Waals surface area contributed by atoms with E-state index >= 15 is 0 Å². The molecule has 1 saturated carbocycles. The van der Waals surface area contributed by atoms with Crippen LogP contribution in [0.4, 0.5) is 5.69 Å². The molecule has 2 heterocycles. The van der Waals surface area contributed by atoms with E-state index < -0.39 is 6.04 Å². The minimum atomic E-state index is -0.470. The second kappa shape index (κ2) is 8.79. The summed E-state index contributed by atoms with van der Waals surface area (Å²) in [6, 6.07) is 4.95. The van der Waals surface area contributed by atoms with E-state index in [0.717, 1.165) is 38.0 Å². The molecule has 3 fully saturated rings. The molecule has 0 spiro atoms. The van der Waals surface area contributed by atoms with E-state index in [0.29, 0.717) is 30.4 Å². The number of benzene rings is 1. The lowest BCUT2D eigenvalue weighted by atomic mass is 9.67. The quantitative estimate of drug-likeness (QED) is 0.758. The molecule has 160 valence electrons. The van der Waals surface area contributed by atoms with Gasteiger partial charge in [-0.1, -0.05) is 12.8 Å². The van der Waals surface area contributed by atoms with Gasteiger partial charge in [0, 0.05) is 31.3 Å². The van der Waals surface area contributed by atoms with Crippen LogP contribution in [0.2, 0.25) is 0 Å². The highest BCUT2D eigenvalue weighted by Crippen LogP contribution is 2.44. The van der Waals surface area contributed by atoms with Crippen molar-refractivity contribution < 1.29 is 19.1 Å². The highest BCUT2D eigenvalue weighted by Gasteiger charge is 2.51. The lowest BCUT2D eigenvalue weighted by Gasteiger charge is -2.37. The zero-order valence-electron chi connectivity index (χ0n) is 17.0. The summed E-state index contributed by atoms with van der Waals surface area (Å²) >= 11 is 0. The summed E-state index contributed by atoms with van der Waals surface area (Å²) in [7, 11) is 3.17. The van der Waals surface area contributed by atoms with Crippen LogP contribution >= 0.6 is 12.4 Å². The van der Waals surface area contributed by atoms with Gasteiger partial charge in [0.05, 0.1) is 25.3 Å². The van der Waals surface area contributed by atoms with Crippen molar-refractivity contribution in [1.82, 2.24) is 10.6 Å². The summed E-state index contributed by atoms with van der Waals surface area (Å²) in [4.78, 5) is 27.9. The largest absolute Gasteiger partial charge is 0.497 e. The molecule has 2 N–H and O–H groups in total. The molecule has 0 radical (unpaired) electrons. The highest BCUT2D eigenvalue weighted by atomic mass is 35.5. The molecule has 7 nitrogen and oxygen atoms in total. The molecule has 2 amide bonds. The van der Waals surface area contributed by atoms with Crippen molar-refractivity contribution in [2.75, 3.05) is 38.8 Å². The van der Waals surface area contributed by atoms with Crippen molar-refractivity contribution in [2.45, 2.75) is 38.1 Å². The van der Waals surface area contributed by atoms with Gasteiger partial charge in [0.15, 0.2) is 0 Å². The normalized spacial score (nSPS) is 28.5. The number of methoxy groups -OCH3 is 2. The average molecular weight is 424 g/mol. The molecule has 0 bridgehead atoms.